The van der Waals surface area contributed by atoms with Crippen LogP contribution in [0.25, 0.3) is 10.8 Å². The number of ether oxygens (including phenoxy) is 2. The van der Waals surface area contributed by atoms with Gasteiger partial charge in [-0.2, -0.15) is 0 Å². The molecule has 0 bridgehead atoms. The number of carbonyl (C=O) groups excluding carboxylic acids is 1. The van der Waals surface area contributed by atoms with Gasteiger partial charge in [-0.25, -0.2) is 0 Å². The highest BCUT2D eigenvalue weighted by atomic mass is 16.5. The maximum atomic E-state index is 11.2. The standard InChI is InChI=1S/C15H16O4/c1-9(16)6-10-7-11-13(18-2)4-5-14(19-3)15(11)12(17)8-10/h4-5,7-8,17H,6H2,1-3H3. The van der Waals surface area contributed by atoms with Crippen molar-refractivity contribution in [1.29, 1.82) is 0 Å². The van der Waals surface area contributed by atoms with Crippen molar-refractivity contribution in [1.82, 2.24) is 0 Å². The molecule has 0 amide bonds. The zero-order valence-corrected chi connectivity index (χ0v) is 11.2. The quantitative estimate of drug-likeness (QED) is 0.918. The van der Waals surface area contributed by atoms with Crippen molar-refractivity contribution < 1.29 is 19.4 Å². The van der Waals surface area contributed by atoms with E-state index < -0.39 is 0 Å². The Bertz CT molecular complexity index is 632. The summed E-state index contributed by atoms with van der Waals surface area (Å²) < 4.78 is 10.5. The van der Waals surface area contributed by atoms with E-state index in [2.05, 4.69) is 0 Å². The van der Waals surface area contributed by atoms with Gasteiger partial charge in [0.2, 0.25) is 0 Å². The SMILES string of the molecule is COc1ccc(OC)c2c(O)cc(CC(C)=O)cc12. The molecule has 0 unspecified atom stereocenters. The number of Topliss-reactive ketones (excluding diaryl/α,β-unsaturated/α-hetero) is 1. The number of hydrogen-bond donors (Lipinski definition) is 1. The van der Waals surface area contributed by atoms with Crippen molar-refractivity contribution in [2.75, 3.05) is 14.2 Å². The molecule has 1 N–H and O–H groups in total. The number of methoxy groups -OCH3 is 2. The summed E-state index contributed by atoms with van der Waals surface area (Å²) in [5, 5.41) is 11.5. The summed E-state index contributed by atoms with van der Waals surface area (Å²) in [6, 6.07) is 6.95. The second-order valence-corrected chi connectivity index (χ2v) is 4.39. The second-order valence-electron chi connectivity index (χ2n) is 4.39. The molecule has 2 aromatic rings. The summed E-state index contributed by atoms with van der Waals surface area (Å²) >= 11 is 0. The summed E-state index contributed by atoms with van der Waals surface area (Å²) in [4.78, 5) is 11.2. The number of phenols is 1. The van der Waals surface area contributed by atoms with Gasteiger partial charge in [0.15, 0.2) is 0 Å². The first-order valence-corrected chi connectivity index (χ1v) is 5.92. The molecule has 0 saturated carbocycles. The number of benzene rings is 2. The Morgan fingerprint density at radius 1 is 1.16 bits per heavy atom. The Kier molecular flexibility index (Phi) is 3.60. The third-order valence-electron chi connectivity index (χ3n) is 2.97. The molecule has 19 heavy (non-hydrogen) atoms. The maximum Gasteiger partial charge on any atom is 0.134 e. The highest BCUT2D eigenvalue weighted by Crippen LogP contribution is 2.39. The van der Waals surface area contributed by atoms with Crippen LogP contribution >= 0.6 is 0 Å². The molecule has 0 aromatic heterocycles. The predicted octanol–water partition coefficient (Wildman–Crippen LogP) is 2.69. The molecular weight excluding hydrogens is 244 g/mol. The van der Waals surface area contributed by atoms with E-state index in [9.17, 15) is 9.90 Å². The van der Waals surface area contributed by atoms with Crippen molar-refractivity contribution in [3.63, 3.8) is 0 Å². The fourth-order valence-corrected chi connectivity index (χ4v) is 2.20. The number of hydrogen-bond acceptors (Lipinski definition) is 4. The van der Waals surface area contributed by atoms with E-state index in [-0.39, 0.29) is 18.0 Å². The van der Waals surface area contributed by atoms with Gasteiger partial charge in [-0.1, -0.05) is 0 Å². The van der Waals surface area contributed by atoms with Crippen LogP contribution in [-0.4, -0.2) is 25.1 Å². The lowest BCUT2D eigenvalue weighted by molar-refractivity contribution is -0.116. The lowest BCUT2D eigenvalue weighted by Gasteiger charge is -2.12. The first-order chi connectivity index (χ1) is 9.06. The highest BCUT2D eigenvalue weighted by molar-refractivity contribution is 5.98. The molecule has 100 valence electrons. The van der Waals surface area contributed by atoms with Gasteiger partial charge in [-0.05, 0) is 36.8 Å². The Morgan fingerprint density at radius 3 is 2.37 bits per heavy atom. The summed E-state index contributed by atoms with van der Waals surface area (Å²) in [5.74, 6) is 1.34. The lowest BCUT2D eigenvalue weighted by Crippen LogP contribution is -1.97. The van der Waals surface area contributed by atoms with Gasteiger partial charge in [0, 0.05) is 11.8 Å². The van der Waals surface area contributed by atoms with E-state index in [0.717, 1.165) is 10.9 Å². The molecule has 2 aromatic carbocycles. The van der Waals surface area contributed by atoms with Crippen molar-refractivity contribution in [2.45, 2.75) is 13.3 Å². The van der Waals surface area contributed by atoms with E-state index in [1.807, 2.05) is 6.07 Å². The van der Waals surface area contributed by atoms with Gasteiger partial charge in [-0.3, -0.25) is 4.79 Å². The summed E-state index contributed by atoms with van der Waals surface area (Å²) in [5.41, 5.74) is 0.754. The predicted molar refractivity (Wildman–Crippen MR) is 73.1 cm³/mol. The van der Waals surface area contributed by atoms with Crippen LogP contribution in [0.3, 0.4) is 0 Å². The Morgan fingerprint density at radius 2 is 1.79 bits per heavy atom. The molecule has 2 rings (SSSR count). The van der Waals surface area contributed by atoms with Crippen molar-refractivity contribution in [2.24, 2.45) is 0 Å². The Balaban J connectivity index is 2.74. The summed E-state index contributed by atoms with van der Waals surface area (Å²) in [6.45, 7) is 1.52. The van der Waals surface area contributed by atoms with Crippen LogP contribution < -0.4 is 9.47 Å². The van der Waals surface area contributed by atoms with E-state index in [0.29, 0.717) is 16.9 Å². The van der Waals surface area contributed by atoms with Gasteiger partial charge < -0.3 is 14.6 Å². The molecule has 0 aliphatic carbocycles. The highest BCUT2D eigenvalue weighted by Gasteiger charge is 2.13. The molecule has 0 heterocycles. The zero-order valence-electron chi connectivity index (χ0n) is 11.2. The zero-order chi connectivity index (χ0) is 14.0. The normalized spacial score (nSPS) is 10.5. The average Bonchev–Trinajstić information content (AvgIpc) is 2.36. The van der Waals surface area contributed by atoms with Gasteiger partial charge in [0.05, 0.1) is 19.6 Å². The molecule has 0 atom stereocenters. The van der Waals surface area contributed by atoms with E-state index in [1.165, 1.54) is 6.92 Å². The topological polar surface area (TPSA) is 55.8 Å². The van der Waals surface area contributed by atoms with Gasteiger partial charge >= 0.3 is 0 Å². The molecule has 4 heteroatoms. The van der Waals surface area contributed by atoms with E-state index >= 15 is 0 Å². The lowest BCUT2D eigenvalue weighted by atomic mass is 10.0. The molecular formula is C15H16O4. The van der Waals surface area contributed by atoms with Crippen LogP contribution in [0.2, 0.25) is 0 Å². The van der Waals surface area contributed by atoms with Crippen LogP contribution in [0.1, 0.15) is 12.5 Å². The molecule has 0 fully saturated rings. The fraction of sp³-hybridized carbons (Fsp3) is 0.267. The van der Waals surface area contributed by atoms with E-state index in [4.69, 9.17) is 9.47 Å². The molecule has 0 aliphatic rings. The second kappa shape index (κ2) is 5.18. The third-order valence-corrected chi connectivity index (χ3v) is 2.97. The third kappa shape index (κ3) is 2.47. The van der Waals surface area contributed by atoms with Crippen molar-refractivity contribution in [3.8, 4) is 17.2 Å². The van der Waals surface area contributed by atoms with Crippen LogP contribution in [0.15, 0.2) is 24.3 Å². The van der Waals surface area contributed by atoms with Gasteiger partial charge in [0.1, 0.15) is 23.0 Å². The smallest absolute Gasteiger partial charge is 0.134 e. The van der Waals surface area contributed by atoms with Gasteiger partial charge in [-0.15, -0.1) is 0 Å². The number of carbonyl (C=O) groups is 1. The number of rotatable bonds is 4. The average molecular weight is 260 g/mol. The Hall–Kier alpha value is -2.23. The van der Waals surface area contributed by atoms with Gasteiger partial charge in [0.25, 0.3) is 0 Å². The number of ketones is 1. The number of fused-ring (bicyclic) bond motifs is 1. The van der Waals surface area contributed by atoms with Crippen LogP contribution in [-0.2, 0) is 11.2 Å². The van der Waals surface area contributed by atoms with Crippen LogP contribution in [0.5, 0.6) is 17.2 Å². The van der Waals surface area contributed by atoms with Crippen molar-refractivity contribution >= 4 is 16.6 Å². The minimum atomic E-state index is 0.0422. The molecule has 0 spiro atoms. The first-order valence-electron chi connectivity index (χ1n) is 5.92. The minimum Gasteiger partial charge on any atom is -0.507 e. The van der Waals surface area contributed by atoms with Crippen LogP contribution in [0.4, 0.5) is 0 Å². The minimum absolute atomic E-state index is 0.0422. The molecule has 0 radical (unpaired) electrons. The summed E-state index contributed by atoms with van der Waals surface area (Å²) in [6.07, 6.45) is 0.282. The molecule has 0 saturated heterocycles. The van der Waals surface area contributed by atoms with Crippen LogP contribution in [0, 0.1) is 0 Å². The Labute approximate surface area is 111 Å². The molecule has 4 nitrogen and oxygen atoms in total. The van der Waals surface area contributed by atoms with Crippen molar-refractivity contribution in [3.05, 3.63) is 29.8 Å². The number of phenolic OH excluding ortho intramolecular Hbond substituents is 1. The maximum absolute atomic E-state index is 11.2. The summed E-state index contributed by atoms with van der Waals surface area (Å²) in [7, 11) is 3.11. The fourth-order valence-electron chi connectivity index (χ4n) is 2.20. The largest absolute Gasteiger partial charge is 0.507 e. The van der Waals surface area contributed by atoms with E-state index in [1.54, 1.807) is 32.4 Å². The number of aromatic hydroxyl groups is 1. The monoisotopic (exact) mass is 260 g/mol. The first kappa shape index (κ1) is 13.2. The molecule has 0 aliphatic heterocycles.